The molecule has 1 aromatic rings. The number of carbonyl (C=O) groups is 2. The lowest BCUT2D eigenvalue weighted by Crippen LogP contribution is -2.37. The lowest BCUT2D eigenvalue weighted by molar-refractivity contribution is -0.112. The molecule has 2 heterocycles. The maximum absolute atomic E-state index is 11.8. The minimum absolute atomic E-state index is 0.000582. The summed E-state index contributed by atoms with van der Waals surface area (Å²) in [5.74, 6) is 0.681. The van der Waals surface area contributed by atoms with Crippen LogP contribution < -0.4 is 10.1 Å². The van der Waals surface area contributed by atoms with Crippen molar-refractivity contribution >= 4 is 22.8 Å². The summed E-state index contributed by atoms with van der Waals surface area (Å²) in [5, 5.41) is 2.64. The molecule has 2 rings (SSSR count). The molecule has 17 heavy (non-hydrogen) atoms. The Kier molecular flexibility index (Phi) is 3.58. The molecule has 0 saturated carbocycles. The van der Waals surface area contributed by atoms with E-state index in [-0.39, 0.29) is 16.7 Å². The molecule has 7 heteroatoms. The van der Waals surface area contributed by atoms with Gasteiger partial charge in [0.15, 0.2) is 0 Å². The van der Waals surface area contributed by atoms with Crippen molar-refractivity contribution < 1.29 is 14.3 Å². The SMILES string of the molecule is COc1cc(C(=O)NC2CCSC2=O)ncn1. The number of methoxy groups -OCH3 is 1. The zero-order chi connectivity index (χ0) is 12.3. The van der Waals surface area contributed by atoms with Crippen LogP contribution in [0.2, 0.25) is 0 Å². The second kappa shape index (κ2) is 5.13. The van der Waals surface area contributed by atoms with Gasteiger partial charge in [-0.3, -0.25) is 9.59 Å². The van der Waals surface area contributed by atoms with Crippen LogP contribution in [-0.2, 0) is 4.79 Å². The molecule has 1 atom stereocenters. The summed E-state index contributed by atoms with van der Waals surface area (Å²) in [7, 11) is 1.46. The molecule has 1 unspecified atom stereocenters. The number of rotatable bonds is 3. The van der Waals surface area contributed by atoms with Gasteiger partial charge in [0, 0.05) is 11.8 Å². The van der Waals surface area contributed by atoms with Crippen LogP contribution in [0.15, 0.2) is 12.4 Å². The van der Waals surface area contributed by atoms with Gasteiger partial charge in [0.05, 0.1) is 13.2 Å². The second-order valence-electron chi connectivity index (χ2n) is 3.43. The maximum atomic E-state index is 11.8. The third-order valence-corrected chi connectivity index (χ3v) is 3.33. The highest BCUT2D eigenvalue weighted by Gasteiger charge is 2.27. The van der Waals surface area contributed by atoms with Crippen molar-refractivity contribution in [1.82, 2.24) is 15.3 Å². The van der Waals surface area contributed by atoms with Crippen LogP contribution in [0.3, 0.4) is 0 Å². The van der Waals surface area contributed by atoms with Gasteiger partial charge < -0.3 is 10.1 Å². The third-order valence-electron chi connectivity index (χ3n) is 2.32. The summed E-state index contributed by atoms with van der Waals surface area (Å²) in [6, 6.07) is 1.02. The molecule has 1 fully saturated rings. The Labute approximate surface area is 102 Å². The first-order chi connectivity index (χ1) is 8.20. The van der Waals surface area contributed by atoms with E-state index in [1.807, 2.05) is 0 Å². The van der Waals surface area contributed by atoms with Gasteiger partial charge >= 0.3 is 0 Å². The molecule has 0 aliphatic carbocycles. The molecule has 1 amide bonds. The van der Waals surface area contributed by atoms with Crippen molar-refractivity contribution in [2.75, 3.05) is 12.9 Å². The van der Waals surface area contributed by atoms with Crippen LogP contribution in [0.25, 0.3) is 0 Å². The minimum atomic E-state index is -0.409. The first kappa shape index (κ1) is 11.8. The van der Waals surface area contributed by atoms with Gasteiger partial charge in [0.2, 0.25) is 11.0 Å². The number of nitrogens with zero attached hydrogens (tertiary/aromatic N) is 2. The van der Waals surface area contributed by atoms with E-state index in [1.54, 1.807) is 0 Å². The average Bonchev–Trinajstić information content (AvgIpc) is 2.75. The Morgan fingerprint density at radius 2 is 2.41 bits per heavy atom. The van der Waals surface area contributed by atoms with Crippen molar-refractivity contribution in [3.8, 4) is 5.88 Å². The van der Waals surface area contributed by atoms with E-state index in [2.05, 4.69) is 15.3 Å². The molecule has 1 aromatic heterocycles. The van der Waals surface area contributed by atoms with Crippen molar-refractivity contribution in [1.29, 1.82) is 0 Å². The Bertz CT molecular complexity index is 452. The van der Waals surface area contributed by atoms with Crippen molar-refractivity contribution in [2.45, 2.75) is 12.5 Å². The van der Waals surface area contributed by atoms with Gasteiger partial charge in [-0.15, -0.1) is 0 Å². The molecule has 0 bridgehead atoms. The van der Waals surface area contributed by atoms with Crippen molar-refractivity contribution in [2.24, 2.45) is 0 Å². The normalized spacial score (nSPS) is 19.1. The molecular weight excluding hydrogens is 242 g/mol. The van der Waals surface area contributed by atoms with E-state index in [1.165, 1.54) is 31.3 Å². The van der Waals surface area contributed by atoms with Gasteiger partial charge in [-0.1, -0.05) is 11.8 Å². The highest BCUT2D eigenvalue weighted by atomic mass is 32.2. The zero-order valence-electron chi connectivity index (χ0n) is 9.17. The number of hydrogen-bond donors (Lipinski definition) is 1. The molecule has 0 radical (unpaired) electrons. The van der Waals surface area contributed by atoms with Gasteiger partial charge in [-0.05, 0) is 6.42 Å². The molecule has 0 aromatic carbocycles. The van der Waals surface area contributed by atoms with Gasteiger partial charge in [-0.2, -0.15) is 0 Å². The Morgan fingerprint density at radius 3 is 3.06 bits per heavy atom. The molecule has 6 nitrogen and oxygen atoms in total. The van der Waals surface area contributed by atoms with Crippen molar-refractivity contribution in [3.05, 3.63) is 18.1 Å². The summed E-state index contributed by atoms with van der Waals surface area (Å²) in [4.78, 5) is 30.8. The number of ether oxygens (including phenoxy) is 1. The fraction of sp³-hybridized carbons (Fsp3) is 0.400. The monoisotopic (exact) mass is 253 g/mol. The number of amides is 1. The predicted octanol–water partition coefficient (Wildman–Crippen LogP) is 0.247. The fourth-order valence-electron chi connectivity index (χ4n) is 1.43. The van der Waals surface area contributed by atoms with Crippen LogP contribution in [0.4, 0.5) is 0 Å². The van der Waals surface area contributed by atoms with Crippen LogP contribution in [0.5, 0.6) is 5.88 Å². The molecule has 1 aliphatic heterocycles. The summed E-state index contributed by atoms with van der Waals surface area (Å²) in [6.07, 6.45) is 1.91. The maximum Gasteiger partial charge on any atom is 0.270 e. The van der Waals surface area contributed by atoms with E-state index in [0.717, 1.165) is 5.75 Å². The summed E-state index contributed by atoms with van der Waals surface area (Å²) in [5.41, 5.74) is 0.196. The van der Waals surface area contributed by atoms with Gasteiger partial charge in [0.1, 0.15) is 12.0 Å². The van der Waals surface area contributed by atoms with Crippen LogP contribution in [0.1, 0.15) is 16.9 Å². The Hall–Kier alpha value is -1.63. The second-order valence-corrected chi connectivity index (χ2v) is 4.53. The summed E-state index contributed by atoms with van der Waals surface area (Å²) >= 11 is 1.24. The third kappa shape index (κ3) is 2.73. The fourth-order valence-corrected chi connectivity index (χ4v) is 2.37. The van der Waals surface area contributed by atoms with Crippen LogP contribution in [0, 0.1) is 0 Å². The lowest BCUT2D eigenvalue weighted by Gasteiger charge is -2.09. The Balaban J connectivity index is 2.06. The molecule has 1 N–H and O–H groups in total. The largest absolute Gasteiger partial charge is 0.481 e. The zero-order valence-corrected chi connectivity index (χ0v) is 9.99. The predicted molar refractivity (Wildman–Crippen MR) is 61.9 cm³/mol. The standard InChI is InChI=1S/C10H11N3O3S/c1-16-8-4-7(11-5-12-8)9(14)13-6-2-3-17-10(6)15/h4-6H,2-3H2,1H3,(H,13,14). The number of thioether (sulfide) groups is 1. The van der Waals surface area contributed by atoms with E-state index < -0.39 is 6.04 Å². The minimum Gasteiger partial charge on any atom is -0.481 e. The molecule has 1 aliphatic rings. The summed E-state index contributed by atoms with van der Waals surface area (Å²) in [6.45, 7) is 0. The lowest BCUT2D eigenvalue weighted by atomic mass is 10.2. The first-order valence-electron chi connectivity index (χ1n) is 5.04. The van der Waals surface area contributed by atoms with Crippen LogP contribution in [-0.4, -0.2) is 39.9 Å². The van der Waals surface area contributed by atoms with Crippen molar-refractivity contribution in [3.63, 3.8) is 0 Å². The number of hydrogen-bond acceptors (Lipinski definition) is 6. The van der Waals surface area contributed by atoms with Gasteiger partial charge in [-0.25, -0.2) is 9.97 Å². The van der Waals surface area contributed by atoms with Gasteiger partial charge in [0.25, 0.3) is 5.91 Å². The summed E-state index contributed by atoms with van der Waals surface area (Å²) < 4.78 is 4.89. The molecule has 1 saturated heterocycles. The quantitative estimate of drug-likeness (QED) is 0.831. The van der Waals surface area contributed by atoms with E-state index in [4.69, 9.17) is 4.74 Å². The molecule has 90 valence electrons. The van der Waals surface area contributed by atoms with Crippen LogP contribution >= 0.6 is 11.8 Å². The Morgan fingerprint density at radius 1 is 1.59 bits per heavy atom. The smallest absolute Gasteiger partial charge is 0.270 e. The average molecular weight is 253 g/mol. The highest BCUT2D eigenvalue weighted by molar-refractivity contribution is 8.14. The molecule has 0 spiro atoms. The first-order valence-corrected chi connectivity index (χ1v) is 6.03. The number of nitrogens with one attached hydrogen (secondary N) is 1. The highest BCUT2D eigenvalue weighted by Crippen LogP contribution is 2.19. The molecular formula is C10H11N3O3S. The van der Waals surface area contributed by atoms with E-state index in [0.29, 0.717) is 12.3 Å². The van der Waals surface area contributed by atoms with E-state index >= 15 is 0 Å². The number of aromatic nitrogens is 2. The number of carbonyl (C=O) groups excluding carboxylic acids is 2. The van der Waals surface area contributed by atoms with E-state index in [9.17, 15) is 9.59 Å². The topological polar surface area (TPSA) is 81.2 Å².